The first kappa shape index (κ1) is 8.42. The Bertz CT molecular complexity index is 375. The molecule has 2 aromatic rings. The largest absolute Gasteiger partial charge is 0.357 e. The normalized spacial score (nSPS) is 11.7. The van der Waals surface area contributed by atoms with Crippen LogP contribution in [0.5, 0.6) is 0 Å². The van der Waals surface area contributed by atoms with E-state index >= 15 is 0 Å². The zero-order valence-corrected chi connectivity index (χ0v) is 8.44. The van der Waals surface area contributed by atoms with Gasteiger partial charge in [0.2, 0.25) is 0 Å². The fourth-order valence-electron chi connectivity index (χ4n) is 1.59. The van der Waals surface area contributed by atoms with Crippen LogP contribution in [0.25, 0.3) is 11.0 Å². The molecule has 0 fully saturated rings. The van der Waals surface area contributed by atoms with Crippen molar-refractivity contribution in [2.24, 2.45) is 0 Å². The van der Waals surface area contributed by atoms with Crippen molar-refractivity contribution in [3.05, 3.63) is 23.5 Å². The van der Waals surface area contributed by atoms with E-state index in [1.165, 1.54) is 22.4 Å². The average molecular weight is 176 g/mol. The summed E-state index contributed by atoms with van der Waals surface area (Å²) in [6.07, 6.45) is 1.07. The van der Waals surface area contributed by atoms with E-state index in [0.29, 0.717) is 5.92 Å². The number of aromatic nitrogens is 2. The van der Waals surface area contributed by atoms with E-state index in [0.717, 1.165) is 6.42 Å². The molecule has 2 N–H and O–H groups in total. The number of nitrogens with one attached hydrogen (secondary N) is 2. The van der Waals surface area contributed by atoms with E-state index in [9.17, 15) is 0 Å². The summed E-state index contributed by atoms with van der Waals surface area (Å²) in [6.45, 7) is 6.56. The number of hydrogen-bond acceptors (Lipinski definition) is 0. The van der Waals surface area contributed by atoms with Crippen molar-refractivity contribution >= 4 is 11.0 Å². The maximum Gasteiger partial charge on any atom is 0.0639 e. The summed E-state index contributed by atoms with van der Waals surface area (Å²) < 4.78 is 0. The van der Waals surface area contributed by atoms with E-state index in [1.807, 2.05) is 0 Å². The molecule has 13 heavy (non-hydrogen) atoms. The Morgan fingerprint density at radius 3 is 2.38 bits per heavy atom. The van der Waals surface area contributed by atoms with Gasteiger partial charge in [0.15, 0.2) is 0 Å². The minimum absolute atomic E-state index is 0.575. The van der Waals surface area contributed by atoms with Crippen molar-refractivity contribution in [1.29, 1.82) is 0 Å². The highest BCUT2D eigenvalue weighted by molar-refractivity contribution is 5.78. The van der Waals surface area contributed by atoms with Gasteiger partial charge < -0.3 is 9.97 Å². The Kier molecular flexibility index (Phi) is 1.91. The minimum atomic E-state index is 0.575. The van der Waals surface area contributed by atoms with E-state index in [1.54, 1.807) is 0 Å². The number of fused-ring (bicyclic) bond motifs is 1. The number of aromatic amines is 2. The van der Waals surface area contributed by atoms with Crippen LogP contribution in [-0.2, 0) is 6.42 Å². The van der Waals surface area contributed by atoms with Crippen LogP contribution < -0.4 is 0 Å². The van der Waals surface area contributed by atoms with E-state index < -0.39 is 0 Å². The van der Waals surface area contributed by atoms with Crippen LogP contribution in [0, 0.1) is 0 Å². The second kappa shape index (κ2) is 2.95. The van der Waals surface area contributed by atoms with Gasteiger partial charge in [-0.05, 0) is 24.5 Å². The molecule has 2 heterocycles. The Hall–Kier alpha value is -1.18. The highest BCUT2D eigenvalue weighted by Crippen LogP contribution is 2.21. The van der Waals surface area contributed by atoms with Gasteiger partial charge in [0.05, 0.1) is 11.0 Å². The quantitative estimate of drug-likeness (QED) is 0.704. The first-order valence-electron chi connectivity index (χ1n) is 4.91. The maximum atomic E-state index is 3.42. The van der Waals surface area contributed by atoms with Gasteiger partial charge >= 0.3 is 0 Å². The molecule has 0 saturated heterocycles. The molecular weight excluding hydrogens is 160 g/mol. The molecular formula is C11H16N2. The maximum absolute atomic E-state index is 3.42. The molecule has 0 aliphatic heterocycles. The smallest absolute Gasteiger partial charge is 0.0639 e. The molecule has 2 rings (SSSR count). The summed E-state index contributed by atoms with van der Waals surface area (Å²) >= 11 is 0. The Morgan fingerprint density at radius 2 is 1.85 bits per heavy atom. The molecule has 0 atom stereocenters. The van der Waals surface area contributed by atoms with Gasteiger partial charge in [-0.2, -0.15) is 0 Å². The van der Waals surface area contributed by atoms with Gasteiger partial charge in [-0.25, -0.2) is 0 Å². The predicted molar refractivity (Wildman–Crippen MR) is 56.1 cm³/mol. The van der Waals surface area contributed by atoms with Crippen molar-refractivity contribution in [3.8, 4) is 0 Å². The fraction of sp³-hybridized carbons (Fsp3) is 0.455. The third kappa shape index (κ3) is 1.37. The summed E-state index contributed by atoms with van der Waals surface area (Å²) in [5.41, 5.74) is 5.08. The van der Waals surface area contributed by atoms with Crippen LogP contribution in [0.2, 0.25) is 0 Å². The van der Waals surface area contributed by atoms with E-state index in [2.05, 4.69) is 42.9 Å². The number of rotatable bonds is 2. The van der Waals surface area contributed by atoms with Crippen molar-refractivity contribution in [2.75, 3.05) is 0 Å². The number of H-pyrrole nitrogens is 2. The van der Waals surface area contributed by atoms with Crippen LogP contribution in [0.15, 0.2) is 12.1 Å². The van der Waals surface area contributed by atoms with E-state index in [-0.39, 0.29) is 0 Å². The fourth-order valence-corrected chi connectivity index (χ4v) is 1.59. The summed E-state index contributed by atoms with van der Waals surface area (Å²) in [7, 11) is 0. The van der Waals surface area contributed by atoms with E-state index in [4.69, 9.17) is 0 Å². The summed E-state index contributed by atoms with van der Waals surface area (Å²) in [6, 6.07) is 4.40. The molecule has 0 aliphatic rings. The third-order valence-electron chi connectivity index (χ3n) is 2.49. The first-order valence-corrected chi connectivity index (χ1v) is 4.91. The molecule has 0 aromatic carbocycles. The van der Waals surface area contributed by atoms with Crippen molar-refractivity contribution < 1.29 is 0 Å². The van der Waals surface area contributed by atoms with Crippen LogP contribution in [0.3, 0.4) is 0 Å². The molecule has 2 aromatic heterocycles. The SMILES string of the molecule is CCc1cc2[nH]c(C(C)C)cc2[nH]1. The summed E-state index contributed by atoms with van der Waals surface area (Å²) in [4.78, 5) is 6.81. The van der Waals surface area contributed by atoms with Gasteiger partial charge in [0.1, 0.15) is 0 Å². The molecule has 0 aliphatic carbocycles. The van der Waals surface area contributed by atoms with Crippen molar-refractivity contribution in [1.82, 2.24) is 9.97 Å². The Morgan fingerprint density at radius 1 is 1.15 bits per heavy atom. The number of aryl methyl sites for hydroxylation is 1. The molecule has 0 radical (unpaired) electrons. The number of hydrogen-bond donors (Lipinski definition) is 2. The van der Waals surface area contributed by atoms with Gasteiger partial charge in [-0.15, -0.1) is 0 Å². The van der Waals surface area contributed by atoms with Gasteiger partial charge in [-0.3, -0.25) is 0 Å². The lowest BCUT2D eigenvalue weighted by Crippen LogP contribution is -1.85. The summed E-state index contributed by atoms with van der Waals surface area (Å²) in [5, 5.41) is 0. The van der Waals surface area contributed by atoms with Crippen molar-refractivity contribution in [2.45, 2.75) is 33.1 Å². The molecule has 0 spiro atoms. The second-order valence-corrected chi connectivity index (χ2v) is 3.85. The lowest BCUT2D eigenvalue weighted by atomic mass is 10.1. The lowest BCUT2D eigenvalue weighted by Gasteiger charge is -1.98. The Balaban J connectivity index is 2.48. The summed E-state index contributed by atoms with van der Waals surface area (Å²) in [5.74, 6) is 0.575. The zero-order chi connectivity index (χ0) is 9.42. The predicted octanol–water partition coefficient (Wildman–Crippen LogP) is 3.18. The molecule has 2 heteroatoms. The Labute approximate surface area is 78.4 Å². The molecule has 0 saturated carbocycles. The van der Waals surface area contributed by atoms with Crippen molar-refractivity contribution in [3.63, 3.8) is 0 Å². The van der Waals surface area contributed by atoms with Crippen LogP contribution in [0.4, 0.5) is 0 Å². The second-order valence-electron chi connectivity index (χ2n) is 3.85. The third-order valence-corrected chi connectivity index (χ3v) is 2.49. The lowest BCUT2D eigenvalue weighted by molar-refractivity contribution is 0.836. The highest BCUT2D eigenvalue weighted by atomic mass is 14.8. The minimum Gasteiger partial charge on any atom is -0.357 e. The molecule has 0 bridgehead atoms. The monoisotopic (exact) mass is 176 g/mol. The standard InChI is InChI=1S/C11H16N2/c1-4-8-5-10-11(12-8)6-9(13-10)7(2)3/h5-7,12-13H,4H2,1-3H3. The van der Waals surface area contributed by atoms with Gasteiger partial charge in [0.25, 0.3) is 0 Å². The van der Waals surface area contributed by atoms with Gasteiger partial charge in [0, 0.05) is 11.4 Å². The molecule has 70 valence electrons. The molecule has 0 unspecified atom stereocenters. The zero-order valence-electron chi connectivity index (χ0n) is 8.44. The van der Waals surface area contributed by atoms with Gasteiger partial charge in [-0.1, -0.05) is 20.8 Å². The first-order chi connectivity index (χ1) is 6.20. The van der Waals surface area contributed by atoms with Crippen LogP contribution >= 0.6 is 0 Å². The topological polar surface area (TPSA) is 31.6 Å². The highest BCUT2D eigenvalue weighted by Gasteiger charge is 2.06. The van der Waals surface area contributed by atoms with Crippen LogP contribution in [0.1, 0.15) is 38.1 Å². The molecule has 0 amide bonds. The van der Waals surface area contributed by atoms with Crippen LogP contribution in [-0.4, -0.2) is 9.97 Å². The average Bonchev–Trinajstić information content (AvgIpc) is 2.58. The molecule has 2 nitrogen and oxygen atoms in total.